The zero-order chi connectivity index (χ0) is 20.7. The average Bonchev–Trinajstić information content (AvgIpc) is 2.67. The van der Waals surface area contributed by atoms with Gasteiger partial charge in [-0.05, 0) is 24.3 Å². The molecule has 2 rings (SSSR count). The predicted octanol–water partition coefficient (Wildman–Crippen LogP) is 2.60. The van der Waals surface area contributed by atoms with Crippen molar-refractivity contribution < 1.29 is 33.0 Å². The van der Waals surface area contributed by atoms with Crippen molar-refractivity contribution in [3.8, 4) is 11.5 Å². The smallest absolute Gasteiger partial charge is 0.340 e. The van der Waals surface area contributed by atoms with Gasteiger partial charge in [-0.15, -0.1) is 0 Å². The van der Waals surface area contributed by atoms with Crippen LogP contribution in [0.3, 0.4) is 0 Å². The number of hydrogen-bond acceptors (Lipinski definition) is 6. The highest BCUT2D eigenvalue weighted by molar-refractivity contribution is 6.02. The molecule has 0 bridgehead atoms. The summed E-state index contributed by atoms with van der Waals surface area (Å²) in [4.78, 5) is 35.7. The lowest BCUT2D eigenvalue weighted by Gasteiger charge is -2.14. The Morgan fingerprint density at radius 3 is 2.14 bits per heavy atom. The summed E-state index contributed by atoms with van der Waals surface area (Å²) in [5.74, 6) is -1.75. The number of halogens is 1. The van der Waals surface area contributed by atoms with E-state index in [0.29, 0.717) is 11.4 Å². The van der Waals surface area contributed by atoms with Gasteiger partial charge in [-0.25, -0.2) is 9.18 Å². The third kappa shape index (κ3) is 5.44. The van der Waals surface area contributed by atoms with Crippen LogP contribution >= 0.6 is 0 Å². The lowest BCUT2D eigenvalue weighted by atomic mass is 10.1. The molecule has 8 nitrogen and oxygen atoms in total. The quantitative estimate of drug-likeness (QED) is 0.705. The van der Waals surface area contributed by atoms with E-state index in [1.54, 1.807) is 0 Å². The lowest BCUT2D eigenvalue weighted by molar-refractivity contribution is -0.119. The van der Waals surface area contributed by atoms with E-state index in [9.17, 15) is 18.8 Å². The van der Waals surface area contributed by atoms with Gasteiger partial charge in [0.2, 0.25) is 5.91 Å². The highest BCUT2D eigenvalue weighted by Crippen LogP contribution is 2.33. The van der Waals surface area contributed by atoms with Crippen molar-refractivity contribution in [3.63, 3.8) is 0 Å². The maximum Gasteiger partial charge on any atom is 0.340 e. The highest BCUT2D eigenvalue weighted by Gasteiger charge is 2.20. The Morgan fingerprint density at radius 2 is 1.57 bits per heavy atom. The van der Waals surface area contributed by atoms with Crippen molar-refractivity contribution in [1.29, 1.82) is 0 Å². The van der Waals surface area contributed by atoms with Crippen molar-refractivity contribution in [1.82, 2.24) is 0 Å². The zero-order valence-electron chi connectivity index (χ0n) is 15.5. The van der Waals surface area contributed by atoms with Crippen LogP contribution in [0.4, 0.5) is 15.8 Å². The Labute approximate surface area is 160 Å². The minimum Gasteiger partial charge on any atom is -0.493 e. The molecule has 0 heterocycles. The molecule has 2 N–H and O–H groups in total. The largest absolute Gasteiger partial charge is 0.493 e. The zero-order valence-corrected chi connectivity index (χ0v) is 15.5. The highest BCUT2D eigenvalue weighted by atomic mass is 19.1. The molecule has 2 aromatic carbocycles. The molecule has 2 amide bonds. The van der Waals surface area contributed by atoms with Crippen LogP contribution in [0.25, 0.3) is 0 Å². The topological polar surface area (TPSA) is 103 Å². The van der Waals surface area contributed by atoms with Gasteiger partial charge in [0, 0.05) is 24.7 Å². The van der Waals surface area contributed by atoms with Crippen LogP contribution in [0.15, 0.2) is 36.4 Å². The van der Waals surface area contributed by atoms with Crippen molar-refractivity contribution in [3.05, 3.63) is 47.8 Å². The van der Waals surface area contributed by atoms with Crippen molar-refractivity contribution in [2.24, 2.45) is 0 Å². The Bertz CT molecular complexity index is 883. The minimum atomic E-state index is -0.848. The van der Waals surface area contributed by atoms with Gasteiger partial charge < -0.3 is 24.8 Å². The molecule has 0 saturated heterocycles. The summed E-state index contributed by atoms with van der Waals surface area (Å²) in [6, 6.07) is 7.87. The molecule has 0 spiro atoms. The molecule has 0 aliphatic rings. The molecule has 0 unspecified atom stereocenters. The van der Waals surface area contributed by atoms with Gasteiger partial charge in [-0.3, -0.25) is 9.59 Å². The molecule has 0 aliphatic heterocycles. The summed E-state index contributed by atoms with van der Waals surface area (Å²) in [6.07, 6.45) is 0. The number of carbonyl (C=O) groups is 3. The first kappa shape index (κ1) is 20.7. The van der Waals surface area contributed by atoms with Crippen LogP contribution in [0.5, 0.6) is 11.5 Å². The molecule has 28 heavy (non-hydrogen) atoms. The number of methoxy groups -OCH3 is 2. The van der Waals surface area contributed by atoms with Crippen LogP contribution < -0.4 is 20.1 Å². The molecule has 148 valence electrons. The van der Waals surface area contributed by atoms with E-state index in [2.05, 4.69) is 10.6 Å². The molecule has 0 aliphatic carbocycles. The van der Waals surface area contributed by atoms with Crippen molar-refractivity contribution in [2.75, 3.05) is 31.5 Å². The molecule has 0 saturated carbocycles. The Kier molecular flexibility index (Phi) is 6.91. The number of hydrogen-bond donors (Lipinski definition) is 2. The maximum absolute atomic E-state index is 12.9. The van der Waals surface area contributed by atoms with Crippen molar-refractivity contribution >= 4 is 29.2 Å². The van der Waals surface area contributed by atoms with Crippen molar-refractivity contribution in [2.45, 2.75) is 6.92 Å². The van der Waals surface area contributed by atoms with E-state index in [1.807, 2.05) is 0 Å². The van der Waals surface area contributed by atoms with Crippen LogP contribution in [-0.4, -0.2) is 38.6 Å². The molecule has 9 heteroatoms. The summed E-state index contributed by atoms with van der Waals surface area (Å²) in [5, 5.41) is 4.97. The maximum atomic E-state index is 12.9. The predicted molar refractivity (Wildman–Crippen MR) is 99.2 cm³/mol. The molecule has 0 atom stereocenters. The number of anilines is 2. The van der Waals surface area contributed by atoms with Crippen LogP contribution in [0, 0.1) is 5.82 Å². The van der Waals surface area contributed by atoms with Crippen LogP contribution in [0.1, 0.15) is 17.3 Å². The van der Waals surface area contributed by atoms with Gasteiger partial charge in [0.15, 0.2) is 18.1 Å². The normalized spacial score (nSPS) is 10.0. The number of benzene rings is 2. The van der Waals surface area contributed by atoms with Gasteiger partial charge in [-0.2, -0.15) is 0 Å². The number of carbonyl (C=O) groups excluding carboxylic acids is 3. The molecule has 2 aromatic rings. The van der Waals surface area contributed by atoms with Crippen LogP contribution in [0.2, 0.25) is 0 Å². The van der Waals surface area contributed by atoms with E-state index < -0.39 is 30.2 Å². The molecule has 0 radical (unpaired) electrons. The fourth-order valence-corrected chi connectivity index (χ4v) is 2.28. The third-order valence-corrected chi connectivity index (χ3v) is 3.52. The second-order valence-corrected chi connectivity index (χ2v) is 5.57. The summed E-state index contributed by atoms with van der Waals surface area (Å²) in [6.45, 7) is 0.700. The van der Waals surface area contributed by atoms with E-state index in [0.717, 1.165) is 0 Å². The fraction of sp³-hybridized carbons (Fsp3) is 0.211. The lowest BCUT2D eigenvalue weighted by Crippen LogP contribution is -2.22. The Balaban J connectivity index is 2.12. The Morgan fingerprint density at radius 1 is 0.964 bits per heavy atom. The standard InChI is InChI=1S/C19H19FN2O6/c1-11(23)21-15-9-17(27-3)16(26-2)8-14(15)19(25)28-10-18(24)22-13-6-4-12(20)5-7-13/h4-9H,10H2,1-3H3,(H,21,23)(H,22,24). The first-order valence-corrected chi connectivity index (χ1v) is 8.10. The molecular formula is C19H19FN2O6. The second-order valence-electron chi connectivity index (χ2n) is 5.57. The average molecular weight is 390 g/mol. The molecule has 0 aromatic heterocycles. The fourth-order valence-electron chi connectivity index (χ4n) is 2.28. The third-order valence-electron chi connectivity index (χ3n) is 3.52. The van der Waals surface area contributed by atoms with Gasteiger partial charge in [-0.1, -0.05) is 0 Å². The monoisotopic (exact) mass is 390 g/mol. The first-order valence-electron chi connectivity index (χ1n) is 8.10. The van der Waals surface area contributed by atoms with Gasteiger partial charge >= 0.3 is 5.97 Å². The number of esters is 1. The first-order chi connectivity index (χ1) is 13.3. The summed E-state index contributed by atoms with van der Waals surface area (Å²) >= 11 is 0. The summed E-state index contributed by atoms with van der Waals surface area (Å²) < 4.78 is 28.2. The number of ether oxygens (including phenoxy) is 3. The number of amides is 2. The minimum absolute atomic E-state index is 0.0116. The van der Waals surface area contributed by atoms with E-state index >= 15 is 0 Å². The SMILES string of the molecule is COc1cc(NC(C)=O)c(C(=O)OCC(=O)Nc2ccc(F)cc2)cc1OC. The molecule has 0 fully saturated rings. The van der Waals surface area contributed by atoms with Gasteiger partial charge in [0.25, 0.3) is 5.91 Å². The second kappa shape index (κ2) is 9.36. The molecular weight excluding hydrogens is 371 g/mol. The van der Waals surface area contributed by atoms with Crippen LogP contribution in [-0.2, 0) is 14.3 Å². The Hall–Kier alpha value is -3.62. The number of nitrogens with one attached hydrogen (secondary N) is 2. The van der Waals surface area contributed by atoms with Gasteiger partial charge in [0.1, 0.15) is 5.82 Å². The van der Waals surface area contributed by atoms with E-state index in [1.165, 1.54) is 57.5 Å². The summed E-state index contributed by atoms with van der Waals surface area (Å²) in [5.41, 5.74) is 0.490. The number of rotatable bonds is 7. The van der Waals surface area contributed by atoms with E-state index in [4.69, 9.17) is 14.2 Å². The summed E-state index contributed by atoms with van der Waals surface area (Å²) in [7, 11) is 2.80. The van der Waals surface area contributed by atoms with Gasteiger partial charge in [0.05, 0.1) is 25.5 Å². The van der Waals surface area contributed by atoms with E-state index in [-0.39, 0.29) is 17.0 Å².